The van der Waals surface area contributed by atoms with Gasteiger partial charge in [0.05, 0.1) is 0 Å². The molecule has 2 N–H and O–H groups in total. The van der Waals surface area contributed by atoms with E-state index in [2.05, 4.69) is 40.7 Å². The summed E-state index contributed by atoms with van der Waals surface area (Å²) >= 11 is 0. The van der Waals surface area contributed by atoms with E-state index in [0.717, 1.165) is 30.8 Å². The van der Waals surface area contributed by atoms with Crippen molar-refractivity contribution in [2.75, 3.05) is 23.7 Å². The van der Waals surface area contributed by atoms with Gasteiger partial charge in [-0.25, -0.2) is 4.79 Å². The van der Waals surface area contributed by atoms with Gasteiger partial charge in [0.25, 0.3) is 0 Å². The molecule has 0 bridgehead atoms. The number of anilines is 2. The Morgan fingerprint density at radius 3 is 2.80 bits per heavy atom. The van der Waals surface area contributed by atoms with E-state index in [0.29, 0.717) is 6.04 Å². The van der Waals surface area contributed by atoms with Gasteiger partial charge in [-0.1, -0.05) is 25.1 Å². The highest BCUT2D eigenvalue weighted by molar-refractivity contribution is 5.99. The minimum atomic E-state index is -0.188. The third-order valence-corrected chi connectivity index (χ3v) is 5.38. The van der Waals surface area contributed by atoms with Crippen LogP contribution in [0.4, 0.5) is 16.2 Å². The molecule has 0 radical (unpaired) electrons. The number of amides is 2. The highest BCUT2D eigenvalue weighted by Gasteiger charge is 2.30. The Balaban J connectivity index is 1.45. The number of nitrogens with zero attached hydrogens (tertiary/aromatic N) is 1. The maximum Gasteiger partial charge on any atom is 0.323 e. The van der Waals surface area contributed by atoms with Crippen molar-refractivity contribution in [2.24, 2.45) is 0 Å². The van der Waals surface area contributed by atoms with E-state index >= 15 is 0 Å². The fraction of sp³-hybridized carbons (Fsp3) is 0.381. The minimum Gasteiger partial charge on any atom is -0.308 e. The molecule has 1 fully saturated rings. The molecule has 2 aromatic rings. The number of rotatable bonds is 3. The van der Waals surface area contributed by atoms with Crippen molar-refractivity contribution in [3.8, 4) is 0 Å². The Morgan fingerprint density at radius 2 is 1.96 bits per heavy atom. The molecule has 1 atom stereocenters. The van der Waals surface area contributed by atoms with Crippen LogP contribution in [-0.2, 0) is 12.8 Å². The Labute approximate surface area is 149 Å². The first-order chi connectivity index (χ1) is 12.2. The van der Waals surface area contributed by atoms with Gasteiger partial charge in [-0.15, -0.1) is 0 Å². The molecule has 0 saturated carbocycles. The molecule has 4 nitrogen and oxygen atoms in total. The Bertz CT molecular complexity index is 786. The highest BCUT2D eigenvalue weighted by Crippen LogP contribution is 2.38. The van der Waals surface area contributed by atoms with Crippen LogP contribution in [0.5, 0.6) is 0 Å². The van der Waals surface area contributed by atoms with Gasteiger partial charge < -0.3 is 10.6 Å². The molecule has 2 heterocycles. The van der Waals surface area contributed by atoms with E-state index in [-0.39, 0.29) is 6.03 Å². The van der Waals surface area contributed by atoms with Crippen molar-refractivity contribution in [1.29, 1.82) is 0 Å². The molecule has 2 aliphatic heterocycles. The third kappa shape index (κ3) is 3.40. The number of nitrogens with one attached hydrogen (secondary N) is 2. The average Bonchev–Trinajstić information content (AvgIpc) is 3.10. The molecule has 4 heteroatoms. The standard InChI is InChI=1S/C21H25N3O/c1-2-15-5-3-6-17(13-15)22-21(25)23-18-8-9-19-16(14-18)10-12-24-11-4-7-20(19)24/h3,5-6,8-9,13-14,20H,2,4,7,10-12H2,1H3,(H2,22,23,25). The quantitative estimate of drug-likeness (QED) is 0.862. The summed E-state index contributed by atoms with van der Waals surface area (Å²) in [5.41, 5.74) is 5.75. The molecule has 2 amide bonds. The SMILES string of the molecule is CCc1cccc(NC(=O)Nc2ccc3c(c2)CCN2CCCC32)c1. The van der Waals surface area contributed by atoms with Gasteiger partial charge in [-0.3, -0.25) is 4.90 Å². The van der Waals surface area contributed by atoms with Gasteiger partial charge in [-0.2, -0.15) is 0 Å². The lowest BCUT2D eigenvalue weighted by atomic mass is 9.92. The summed E-state index contributed by atoms with van der Waals surface area (Å²) in [6, 6.07) is 14.7. The summed E-state index contributed by atoms with van der Waals surface area (Å²) in [6.45, 7) is 4.47. The normalized spacial score (nSPS) is 19.2. The van der Waals surface area contributed by atoms with E-state index in [9.17, 15) is 4.79 Å². The zero-order valence-electron chi connectivity index (χ0n) is 14.7. The summed E-state index contributed by atoms with van der Waals surface area (Å²) < 4.78 is 0. The van der Waals surface area contributed by atoms with Crippen LogP contribution in [0.25, 0.3) is 0 Å². The van der Waals surface area contributed by atoms with Crippen LogP contribution in [0.3, 0.4) is 0 Å². The predicted octanol–water partition coefficient (Wildman–Crippen LogP) is 4.59. The number of carbonyl (C=O) groups is 1. The summed E-state index contributed by atoms with van der Waals surface area (Å²) in [6.07, 6.45) is 4.58. The first-order valence-electron chi connectivity index (χ1n) is 9.27. The van der Waals surface area contributed by atoms with E-state index in [1.165, 1.54) is 36.1 Å². The Hall–Kier alpha value is -2.33. The minimum absolute atomic E-state index is 0.188. The van der Waals surface area contributed by atoms with Gasteiger partial charge in [0, 0.05) is 24.0 Å². The van der Waals surface area contributed by atoms with Gasteiger partial charge in [0.2, 0.25) is 0 Å². The molecular formula is C21H25N3O. The van der Waals surface area contributed by atoms with Crippen LogP contribution < -0.4 is 10.6 Å². The van der Waals surface area contributed by atoms with Crippen LogP contribution in [0.2, 0.25) is 0 Å². The maximum absolute atomic E-state index is 12.3. The topological polar surface area (TPSA) is 44.4 Å². The van der Waals surface area contributed by atoms with Gasteiger partial charge in [-0.05, 0) is 73.2 Å². The van der Waals surface area contributed by atoms with Crippen molar-refractivity contribution in [3.63, 3.8) is 0 Å². The number of hydrogen-bond acceptors (Lipinski definition) is 2. The molecule has 130 valence electrons. The zero-order chi connectivity index (χ0) is 17.2. The fourth-order valence-electron chi connectivity index (χ4n) is 4.10. The van der Waals surface area contributed by atoms with Crippen LogP contribution in [0.15, 0.2) is 42.5 Å². The Morgan fingerprint density at radius 1 is 1.12 bits per heavy atom. The lowest BCUT2D eigenvalue weighted by Crippen LogP contribution is -2.31. The largest absolute Gasteiger partial charge is 0.323 e. The second kappa shape index (κ2) is 6.89. The highest BCUT2D eigenvalue weighted by atomic mass is 16.2. The molecule has 2 aliphatic rings. The van der Waals surface area contributed by atoms with Crippen LogP contribution in [0.1, 0.15) is 42.5 Å². The first kappa shape index (κ1) is 16.2. The number of fused-ring (bicyclic) bond motifs is 3. The number of carbonyl (C=O) groups excluding carboxylic acids is 1. The lowest BCUT2D eigenvalue weighted by Gasteiger charge is -2.32. The molecule has 0 aliphatic carbocycles. The van der Waals surface area contributed by atoms with E-state index < -0.39 is 0 Å². The van der Waals surface area contributed by atoms with Gasteiger partial charge >= 0.3 is 6.03 Å². The van der Waals surface area contributed by atoms with E-state index in [1.54, 1.807) is 0 Å². The molecule has 2 aromatic carbocycles. The van der Waals surface area contributed by atoms with E-state index in [4.69, 9.17) is 0 Å². The van der Waals surface area contributed by atoms with Crippen LogP contribution in [-0.4, -0.2) is 24.0 Å². The molecule has 4 rings (SSSR count). The van der Waals surface area contributed by atoms with Crippen molar-refractivity contribution >= 4 is 17.4 Å². The smallest absolute Gasteiger partial charge is 0.308 e. The van der Waals surface area contributed by atoms with Crippen LogP contribution in [0, 0.1) is 0 Å². The monoisotopic (exact) mass is 335 g/mol. The average molecular weight is 335 g/mol. The maximum atomic E-state index is 12.3. The number of aryl methyl sites for hydroxylation is 1. The molecule has 1 saturated heterocycles. The first-order valence-corrected chi connectivity index (χ1v) is 9.27. The third-order valence-electron chi connectivity index (χ3n) is 5.38. The summed E-state index contributed by atoms with van der Waals surface area (Å²) in [4.78, 5) is 14.9. The summed E-state index contributed by atoms with van der Waals surface area (Å²) in [5.74, 6) is 0. The summed E-state index contributed by atoms with van der Waals surface area (Å²) in [5, 5.41) is 5.90. The summed E-state index contributed by atoms with van der Waals surface area (Å²) in [7, 11) is 0. The van der Waals surface area contributed by atoms with Gasteiger partial charge in [0.15, 0.2) is 0 Å². The number of benzene rings is 2. The molecule has 25 heavy (non-hydrogen) atoms. The number of urea groups is 1. The molecular weight excluding hydrogens is 310 g/mol. The Kier molecular flexibility index (Phi) is 4.45. The fourth-order valence-corrected chi connectivity index (χ4v) is 4.10. The molecule has 1 unspecified atom stereocenters. The van der Waals surface area contributed by atoms with Crippen molar-refractivity contribution in [1.82, 2.24) is 4.90 Å². The molecule has 0 spiro atoms. The van der Waals surface area contributed by atoms with Crippen molar-refractivity contribution in [3.05, 3.63) is 59.2 Å². The predicted molar refractivity (Wildman–Crippen MR) is 102 cm³/mol. The second-order valence-electron chi connectivity index (χ2n) is 6.99. The number of hydrogen-bond donors (Lipinski definition) is 2. The van der Waals surface area contributed by atoms with E-state index in [1.807, 2.05) is 24.3 Å². The van der Waals surface area contributed by atoms with Crippen LogP contribution >= 0.6 is 0 Å². The van der Waals surface area contributed by atoms with Gasteiger partial charge in [0.1, 0.15) is 0 Å². The zero-order valence-corrected chi connectivity index (χ0v) is 14.7. The lowest BCUT2D eigenvalue weighted by molar-refractivity contribution is 0.244. The van der Waals surface area contributed by atoms with Crippen molar-refractivity contribution in [2.45, 2.75) is 38.6 Å². The van der Waals surface area contributed by atoms with Crippen molar-refractivity contribution < 1.29 is 4.79 Å². The molecule has 0 aromatic heterocycles. The second-order valence-corrected chi connectivity index (χ2v) is 6.99.